The second-order valence-electron chi connectivity index (χ2n) is 7.58. The van der Waals surface area contributed by atoms with Gasteiger partial charge in [0.1, 0.15) is 11.5 Å². The van der Waals surface area contributed by atoms with Crippen LogP contribution in [-0.4, -0.2) is 23.3 Å². The summed E-state index contributed by atoms with van der Waals surface area (Å²) in [4.78, 5) is 11.1. The Morgan fingerprint density at radius 3 is 2.44 bits per heavy atom. The number of nitrogens with zero attached hydrogens (tertiary/aromatic N) is 1. The van der Waals surface area contributed by atoms with E-state index < -0.39 is 11.8 Å². The first-order valence-electron chi connectivity index (χ1n) is 10.1. The highest BCUT2D eigenvalue weighted by Crippen LogP contribution is 2.37. The SMILES string of the molecule is COCc1cc(-c2ccccc2)c(C)c(C)c1-c1cc(-c2ccc(C(=O)O)c(F)c2)no1. The van der Waals surface area contributed by atoms with E-state index in [1.165, 1.54) is 12.1 Å². The van der Waals surface area contributed by atoms with Crippen LogP contribution in [0.4, 0.5) is 4.39 Å². The van der Waals surface area contributed by atoms with Crippen molar-refractivity contribution >= 4 is 5.97 Å². The van der Waals surface area contributed by atoms with Gasteiger partial charge in [-0.05, 0) is 59.9 Å². The number of aromatic nitrogens is 1. The zero-order valence-electron chi connectivity index (χ0n) is 18.0. The Kier molecular flexibility index (Phi) is 5.88. The Morgan fingerprint density at radius 2 is 1.78 bits per heavy atom. The molecule has 4 rings (SSSR count). The monoisotopic (exact) mass is 431 g/mol. The summed E-state index contributed by atoms with van der Waals surface area (Å²) in [6, 6.07) is 17.9. The third-order valence-corrected chi connectivity index (χ3v) is 5.62. The molecule has 1 heterocycles. The molecule has 0 aliphatic carbocycles. The van der Waals surface area contributed by atoms with Crippen LogP contribution in [0.5, 0.6) is 0 Å². The molecule has 1 N–H and O–H groups in total. The number of aromatic carboxylic acids is 1. The summed E-state index contributed by atoms with van der Waals surface area (Å²) < 4.78 is 25.2. The van der Waals surface area contributed by atoms with Crippen LogP contribution in [0.2, 0.25) is 0 Å². The Bertz CT molecular complexity index is 1290. The number of carboxylic acids is 1. The number of methoxy groups -OCH3 is 1. The van der Waals surface area contributed by atoms with Crippen molar-refractivity contribution in [1.29, 1.82) is 0 Å². The third-order valence-electron chi connectivity index (χ3n) is 5.62. The Hall–Kier alpha value is -3.77. The molecule has 0 bridgehead atoms. The van der Waals surface area contributed by atoms with E-state index in [4.69, 9.17) is 14.4 Å². The molecule has 4 aromatic rings. The van der Waals surface area contributed by atoms with Gasteiger partial charge in [0.25, 0.3) is 0 Å². The smallest absolute Gasteiger partial charge is 0.338 e. The third kappa shape index (κ3) is 3.92. The Labute approximate surface area is 185 Å². The molecule has 0 spiro atoms. The van der Waals surface area contributed by atoms with Crippen molar-refractivity contribution in [3.8, 4) is 33.7 Å². The number of benzene rings is 3. The molecule has 6 heteroatoms. The van der Waals surface area contributed by atoms with Crippen LogP contribution < -0.4 is 0 Å². The van der Waals surface area contributed by atoms with Crippen molar-refractivity contribution in [3.63, 3.8) is 0 Å². The fraction of sp³-hybridized carbons (Fsp3) is 0.154. The van der Waals surface area contributed by atoms with Crippen LogP contribution in [0.15, 0.2) is 65.2 Å². The lowest BCUT2D eigenvalue weighted by atomic mass is 9.89. The molecule has 0 fully saturated rings. The summed E-state index contributed by atoms with van der Waals surface area (Å²) in [5.74, 6) is -1.60. The van der Waals surface area contributed by atoms with Crippen LogP contribution in [0.25, 0.3) is 33.7 Å². The summed E-state index contributed by atoms with van der Waals surface area (Å²) in [6.07, 6.45) is 0. The van der Waals surface area contributed by atoms with E-state index in [0.29, 0.717) is 23.6 Å². The predicted octanol–water partition coefficient (Wildman–Crippen LogP) is 6.28. The van der Waals surface area contributed by atoms with Gasteiger partial charge in [-0.15, -0.1) is 0 Å². The number of hydrogen-bond donors (Lipinski definition) is 1. The summed E-state index contributed by atoms with van der Waals surface area (Å²) in [5.41, 5.74) is 6.68. The van der Waals surface area contributed by atoms with Crippen LogP contribution >= 0.6 is 0 Å². The normalized spacial score (nSPS) is 11.0. The first-order valence-corrected chi connectivity index (χ1v) is 10.1. The Morgan fingerprint density at radius 1 is 1.03 bits per heavy atom. The van der Waals surface area contributed by atoms with Gasteiger partial charge in [0.05, 0.1) is 12.2 Å². The maximum absolute atomic E-state index is 14.1. The van der Waals surface area contributed by atoms with Gasteiger partial charge in [0.15, 0.2) is 5.76 Å². The van der Waals surface area contributed by atoms with Crippen LogP contribution in [0.1, 0.15) is 27.0 Å². The second kappa shape index (κ2) is 8.77. The quantitative estimate of drug-likeness (QED) is 0.389. The van der Waals surface area contributed by atoms with E-state index in [1.54, 1.807) is 13.2 Å². The zero-order valence-corrected chi connectivity index (χ0v) is 18.0. The van der Waals surface area contributed by atoms with E-state index in [0.717, 1.165) is 39.4 Å². The molecule has 0 aliphatic rings. The molecule has 162 valence electrons. The molecule has 0 radical (unpaired) electrons. The molecular formula is C26H22FNO4. The van der Waals surface area contributed by atoms with E-state index >= 15 is 0 Å². The predicted molar refractivity (Wildman–Crippen MR) is 120 cm³/mol. The van der Waals surface area contributed by atoms with Gasteiger partial charge in [-0.1, -0.05) is 41.6 Å². The van der Waals surface area contributed by atoms with Crippen molar-refractivity contribution in [2.75, 3.05) is 7.11 Å². The van der Waals surface area contributed by atoms with Crippen molar-refractivity contribution in [3.05, 3.63) is 88.7 Å². The highest BCUT2D eigenvalue weighted by atomic mass is 19.1. The molecule has 32 heavy (non-hydrogen) atoms. The van der Waals surface area contributed by atoms with Crippen LogP contribution in [0, 0.1) is 19.7 Å². The fourth-order valence-electron chi connectivity index (χ4n) is 3.89. The van der Waals surface area contributed by atoms with Crippen LogP contribution in [-0.2, 0) is 11.3 Å². The lowest BCUT2D eigenvalue weighted by molar-refractivity contribution is 0.0692. The van der Waals surface area contributed by atoms with Gasteiger partial charge in [-0.3, -0.25) is 0 Å². The summed E-state index contributed by atoms with van der Waals surface area (Å²) >= 11 is 0. The molecule has 1 aromatic heterocycles. The first-order chi connectivity index (χ1) is 15.4. The molecule has 3 aromatic carbocycles. The number of ether oxygens (including phenoxy) is 1. The van der Waals surface area contributed by atoms with Gasteiger partial charge in [-0.2, -0.15) is 0 Å². The first kappa shape index (κ1) is 21.5. The molecule has 0 amide bonds. The maximum Gasteiger partial charge on any atom is 0.338 e. The molecule has 0 unspecified atom stereocenters. The maximum atomic E-state index is 14.1. The van der Waals surface area contributed by atoms with Gasteiger partial charge in [-0.25, -0.2) is 9.18 Å². The van der Waals surface area contributed by atoms with E-state index in [1.807, 2.05) is 25.1 Å². The van der Waals surface area contributed by atoms with Gasteiger partial charge < -0.3 is 14.4 Å². The van der Waals surface area contributed by atoms with Gasteiger partial charge in [0.2, 0.25) is 0 Å². The van der Waals surface area contributed by atoms with E-state index in [-0.39, 0.29) is 5.56 Å². The minimum Gasteiger partial charge on any atom is -0.478 e. The molecule has 0 saturated heterocycles. The number of carboxylic acid groups (broad SMARTS) is 1. The minimum absolute atomic E-state index is 0.383. The number of halogens is 1. The fourth-order valence-corrected chi connectivity index (χ4v) is 3.89. The lowest BCUT2D eigenvalue weighted by Gasteiger charge is -2.17. The Balaban J connectivity index is 1.81. The summed E-state index contributed by atoms with van der Waals surface area (Å²) in [5, 5.41) is 13.1. The summed E-state index contributed by atoms with van der Waals surface area (Å²) in [6.45, 7) is 4.48. The highest BCUT2D eigenvalue weighted by Gasteiger charge is 2.20. The minimum atomic E-state index is -1.32. The molecule has 0 saturated carbocycles. The number of hydrogen-bond acceptors (Lipinski definition) is 4. The molecule has 0 atom stereocenters. The highest BCUT2D eigenvalue weighted by molar-refractivity contribution is 5.88. The van der Waals surface area contributed by atoms with Crippen molar-refractivity contribution in [1.82, 2.24) is 5.16 Å². The number of carbonyl (C=O) groups is 1. The van der Waals surface area contributed by atoms with Crippen molar-refractivity contribution < 1.29 is 23.6 Å². The second-order valence-corrected chi connectivity index (χ2v) is 7.58. The largest absolute Gasteiger partial charge is 0.478 e. The summed E-state index contributed by atoms with van der Waals surface area (Å²) in [7, 11) is 1.64. The van der Waals surface area contributed by atoms with Crippen molar-refractivity contribution in [2.24, 2.45) is 0 Å². The number of rotatable bonds is 6. The van der Waals surface area contributed by atoms with E-state index in [2.05, 4.69) is 30.3 Å². The lowest BCUT2D eigenvalue weighted by Crippen LogP contribution is -2.00. The zero-order chi connectivity index (χ0) is 22.8. The topological polar surface area (TPSA) is 72.6 Å². The standard InChI is InChI=1S/C26H22FNO4/c1-15-16(2)25(19(14-31-3)11-21(15)17-7-5-4-6-8-17)24-13-23(28-32-24)18-9-10-20(26(29)30)22(27)12-18/h4-13H,14H2,1-3H3,(H,29,30). The van der Waals surface area contributed by atoms with Gasteiger partial charge in [0, 0.05) is 24.3 Å². The van der Waals surface area contributed by atoms with Crippen LogP contribution in [0.3, 0.4) is 0 Å². The van der Waals surface area contributed by atoms with E-state index in [9.17, 15) is 9.18 Å². The average molecular weight is 431 g/mol. The van der Waals surface area contributed by atoms with Gasteiger partial charge >= 0.3 is 5.97 Å². The molecular weight excluding hydrogens is 409 g/mol. The molecule has 5 nitrogen and oxygen atoms in total. The average Bonchev–Trinajstić information content (AvgIpc) is 3.26. The molecule has 0 aliphatic heterocycles. The van der Waals surface area contributed by atoms with Crippen molar-refractivity contribution in [2.45, 2.75) is 20.5 Å².